The Labute approximate surface area is 368 Å². The number of pyridine rings is 1. The topological polar surface area (TPSA) is 12.9 Å². The van der Waals surface area contributed by atoms with Gasteiger partial charge in [-0.3, -0.25) is 4.98 Å². The molecule has 0 aliphatic heterocycles. The lowest BCUT2D eigenvalue weighted by Crippen LogP contribution is -2.04. The van der Waals surface area contributed by atoms with E-state index in [1.165, 1.54) is 110 Å². The molecule has 2 aliphatic carbocycles. The lowest BCUT2D eigenvalue weighted by Gasteiger charge is -2.20. The summed E-state index contributed by atoms with van der Waals surface area (Å²) >= 11 is 0. The van der Waals surface area contributed by atoms with E-state index >= 15 is 0 Å². The van der Waals surface area contributed by atoms with Crippen LogP contribution in [0, 0.1) is 6.92 Å². The minimum absolute atomic E-state index is 0.799. The van der Waals surface area contributed by atoms with Crippen molar-refractivity contribution in [3.63, 3.8) is 0 Å². The van der Waals surface area contributed by atoms with Gasteiger partial charge in [-0.2, -0.15) is 0 Å². The van der Waals surface area contributed by atoms with Gasteiger partial charge in [0.05, 0.1) is 5.52 Å². The van der Waals surface area contributed by atoms with Gasteiger partial charge in [-0.05, 0) is 160 Å². The second-order valence-corrected chi connectivity index (χ2v) is 17.0. The number of hydrogen-bond donors (Lipinski definition) is 0. The van der Waals surface area contributed by atoms with Crippen LogP contribution in [-0.2, 0) is 12.8 Å². The van der Waals surface area contributed by atoms with Crippen molar-refractivity contribution in [2.24, 2.45) is 0 Å². The van der Waals surface area contributed by atoms with Gasteiger partial charge in [-0.1, -0.05) is 182 Å². The average Bonchev–Trinajstić information content (AvgIpc) is 3.66. The highest BCUT2D eigenvalue weighted by Gasteiger charge is 2.25. The third-order valence-electron chi connectivity index (χ3n) is 13.4. The summed E-state index contributed by atoms with van der Waals surface area (Å²) in [6, 6.07) is 69.0. The molecule has 1 heterocycles. The predicted octanol–water partition coefficient (Wildman–Crippen LogP) is 15.8. The fourth-order valence-electron chi connectivity index (χ4n) is 10.2. The van der Waals surface area contributed by atoms with E-state index in [9.17, 15) is 0 Å². The first-order valence-electron chi connectivity index (χ1n) is 22.0. The van der Waals surface area contributed by atoms with Crippen LogP contribution in [-0.4, -0.2) is 4.98 Å². The summed E-state index contributed by atoms with van der Waals surface area (Å²) < 4.78 is 0. The van der Waals surface area contributed by atoms with Gasteiger partial charge in [0.25, 0.3) is 0 Å². The fourth-order valence-corrected chi connectivity index (χ4v) is 10.2. The average molecular weight is 802 g/mol. The van der Waals surface area contributed by atoms with Crippen LogP contribution in [0.25, 0.3) is 76.6 Å². The van der Waals surface area contributed by atoms with Crippen molar-refractivity contribution < 1.29 is 0 Å². The number of aromatic nitrogens is 1. The Morgan fingerprint density at radius 1 is 0.365 bits per heavy atom. The van der Waals surface area contributed by atoms with E-state index in [4.69, 9.17) is 4.98 Å². The molecule has 0 bridgehead atoms. The Morgan fingerprint density at radius 2 is 0.921 bits per heavy atom. The maximum atomic E-state index is 5.03. The minimum atomic E-state index is 0.799. The molecule has 0 spiro atoms. The standard InChI is InChI=1S/C62H43N/c1-40-13-2-6-18-49(40)42-25-27-43(28-26-42)59-37-45(51-23-12-17-41-14-3-7-19-50(41)51)29-31-55-56-32-30-46(60-36-44-15-4-8-20-52(44)53-21-9-10-22-54(53)60)38-61(58(56)34-33-57(55)59)48-35-47-16-5-11-24-62(47)63-39-48/h2-30,33-39H,31-32H2,1H3. The maximum Gasteiger partial charge on any atom is 0.0702 e. The second-order valence-electron chi connectivity index (χ2n) is 17.0. The number of nitrogens with zero attached hydrogens (tertiary/aromatic N) is 1. The number of allylic oxidation sites excluding steroid dienone is 6. The summed E-state index contributed by atoms with van der Waals surface area (Å²) in [4.78, 5) is 5.03. The highest BCUT2D eigenvalue weighted by molar-refractivity contribution is 6.13. The Bertz CT molecular complexity index is 3610. The van der Waals surface area contributed by atoms with Crippen LogP contribution in [0.1, 0.15) is 50.1 Å². The Hall–Kier alpha value is -7.87. The fraction of sp³-hybridized carbons (Fsp3) is 0.0484. The third-order valence-corrected chi connectivity index (χ3v) is 13.4. The molecule has 0 atom stereocenters. The van der Waals surface area contributed by atoms with Crippen LogP contribution in [0.15, 0.2) is 219 Å². The van der Waals surface area contributed by atoms with Crippen molar-refractivity contribution >= 4 is 65.5 Å². The van der Waals surface area contributed by atoms with Gasteiger partial charge < -0.3 is 0 Å². The third kappa shape index (κ3) is 6.44. The molecule has 1 heteroatoms. The van der Waals surface area contributed by atoms with Gasteiger partial charge in [0, 0.05) is 17.1 Å². The van der Waals surface area contributed by atoms with Crippen molar-refractivity contribution in [3.8, 4) is 11.1 Å². The number of rotatable bonds is 5. The van der Waals surface area contributed by atoms with Crippen molar-refractivity contribution in [2.45, 2.75) is 19.8 Å². The molecule has 0 amide bonds. The monoisotopic (exact) mass is 801 g/mol. The van der Waals surface area contributed by atoms with Gasteiger partial charge in [0.15, 0.2) is 0 Å². The van der Waals surface area contributed by atoms with Crippen LogP contribution >= 0.6 is 0 Å². The van der Waals surface area contributed by atoms with Crippen molar-refractivity contribution in [1.29, 1.82) is 0 Å². The summed E-state index contributed by atoms with van der Waals surface area (Å²) in [7, 11) is 0. The molecule has 1 aromatic heterocycles. The molecule has 9 aromatic carbocycles. The van der Waals surface area contributed by atoms with Gasteiger partial charge in [-0.15, -0.1) is 0 Å². The molecule has 63 heavy (non-hydrogen) atoms. The molecule has 0 saturated carbocycles. The summed E-state index contributed by atoms with van der Waals surface area (Å²) in [5.41, 5.74) is 19.8. The number of aryl methyl sites for hydroxylation is 1. The van der Waals surface area contributed by atoms with E-state index in [1.54, 1.807) is 0 Å². The zero-order valence-corrected chi connectivity index (χ0v) is 35.1. The number of fused-ring (bicyclic) bond motifs is 8. The van der Waals surface area contributed by atoms with Crippen LogP contribution < -0.4 is 0 Å². The zero-order chi connectivity index (χ0) is 41.9. The first-order valence-corrected chi connectivity index (χ1v) is 22.0. The highest BCUT2D eigenvalue weighted by atomic mass is 14.6. The highest BCUT2D eigenvalue weighted by Crippen LogP contribution is 2.44. The number of hydrogen-bond acceptors (Lipinski definition) is 1. The largest absolute Gasteiger partial charge is 0.256 e. The van der Waals surface area contributed by atoms with Gasteiger partial charge >= 0.3 is 0 Å². The first kappa shape index (κ1) is 36.9. The normalized spacial score (nSPS) is 13.7. The van der Waals surface area contributed by atoms with Gasteiger partial charge in [0.1, 0.15) is 0 Å². The molecular weight excluding hydrogens is 759 g/mol. The molecule has 12 rings (SSSR count). The summed E-state index contributed by atoms with van der Waals surface area (Å²) in [5, 5.41) is 8.73. The summed E-state index contributed by atoms with van der Waals surface area (Å²) in [6.07, 6.45) is 13.5. The summed E-state index contributed by atoms with van der Waals surface area (Å²) in [5.74, 6) is 0. The zero-order valence-electron chi connectivity index (χ0n) is 35.1. The Morgan fingerprint density at radius 3 is 1.68 bits per heavy atom. The van der Waals surface area contributed by atoms with Crippen LogP contribution in [0.2, 0.25) is 0 Å². The van der Waals surface area contributed by atoms with E-state index in [0.717, 1.165) is 29.3 Å². The SMILES string of the molecule is Cc1ccccc1-c1ccc(C2=CC(c3cccc4ccccc34)=CCc3c2ccc2c3CC=C(c3cc4ccccc4c4ccccc34)C=C2c2cnc3ccccc3c2)cc1. The van der Waals surface area contributed by atoms with Crippen LogP contribution in [0.3, 0.4) is 0 Å². The molecular formula is C62H43N. The minimum Gasteiger partial charge on any atom is -0.256 e. The van der Waals surface area contributed by atoms with Crippen LogP contribution in [0.4, 0.5) is 0 Å². The van der Waals surface area contributed by atoms with Crippen molar-refractivity contribution in [3.05, 3.63) is 269 Å². The van der Waals surface area contributed by atoms with E-state index in [1.807, 2.05) is 0 Å². The molecule has 2 aliphatic rings. The van der Waals surface area contributed by atoms with E-state index < -0.39 is 0 Å². The van der Waals surface area contributed by atoms with Crippen molar-refractivity contribution in [2.75, 3.05) is 0 Å². The smallest absolute Gasteiger partial charge is 0.0702 e. The van der Waals surface area contributed by atoms with Gasteiger partial charge in [-0.25, -0.2) is 0 Å². The molecule has 296 valence electrons. The number of para-hydroxylation sites is 1. The molecule has 1 nitrogen and oxygen atoms in total. The van der Waals surface area contributed by atoms with E-state index in [0.29, 0.717) is 0 Å². The Kier molecular flexibility index (Phi) is 8.94. The van der Waals surface area contributed by atoms with Gasteiger partial charge in [0.2, 0.25) is 0 Å². The van der Waals surface area contributed by atoms with E-state index in [-0.39, 0.29) is 0 Å². The predicted molar refractivity (Wildman–Crippen MR) is 268 cm³/mol. The van der Waals surface area contributed by atoms with Crippen LogP contribution in [0.5, 0.6) is 0 Å². The quantitative estimate of drug-likeness (QED) is 0.158. The molecule has 0 N–H and O–H groups in total. The van der Waals surface area contributed by atoms with Crippen molar-refractivity contribution in [1.82, 2.24) is 4.98 Å². The number of benzene rings is 9. The second kappa shape index (κ2) is 15.2. The first-order chi connectivity index (χ1) is 31.1. The lowest BCUT2D eigenvalue weighted by atomic mass is 9.84. The van der Waals surface area contributed by atoms with E-state index in [2.05, 4.69) is 225 Å². The summed E-state index contributed by atoms with van der Waals surface area (Å²) in [6.45, 7) is 2.19. The maximum absolute atomic E-state index is 5.03. The molecule has 0 saturated heterocycles. The molecule has 0 fully saturated rings. The lowest BCUT2D eigenvalue weighted by molar-refractivity contribution is 1.14. The Balaban J connectivity index is 1.08. The molecule has 0 radical (unpaired) electrons. The molecule has 10 aromatic rings. The molecule has 0 unspecified atom stereocenters.